The highest BCUT2D eigenvalue weighted by Gasteiger charge is 2.12. The number of aromatic nitrogens is 1. The van der Waals surface area contributed by atoms with Gasteiger partial charge in [-0.2, -0.15) is 0 Å². The van der Waals surface area contributed by atoms with E-state index >= 15 is 0 Å². The number of halogens is 2. The molecule has 1 aromatic carbocycles. The van der Waals surface area contributed by atoms with E-state index in [2.05, 4.69) is 10.3 Å². The average Bonchev–Trinajstić information content (AvgIpc) is 2.32. The van der Waals surface area contributed by atoms with Crippen LogP contribution in [0, 0.1) is 11.6 Å². The van der Waals surface area contributed by atoms with Gasteiger partial charge in [0.25, 0.3) is 5.91 Å². The minimum absolute atomic E-state index is 0.0923. The molecule has 2 rings (SSSR count). The van der Waals surface area contributed by atoms with Gasteiger partial charge in [0.1, 0.15) is 17.5 Å². The number of hydrogen-bond acceptors (Lipinski definition) is 3. The van der Waals surface area contributed by atoms with E-state index in [1.165, 1.54) is 18.2 Å². The molecule has 0 saturated carbocycles. The van der Waals surface area contributed by atoms with Crippen molar-refractivity contribution < 1.29 is 13.6 Å². The van der Waals surface area contributed by atoms with Crippen molar-refractivity contribution in [2.24, 2.45) is 0 Å². The summed E-state index contributed by atoms with van der Waals surface area (Å²) in [6.07, 6.45) is 0.911. The molecule has 6 heteroatoms. The normalized spacial score (nSPS) is 10.1. The Balaban J connectivity index is 2.24. The van der Waals surface area contributed by atoms with Gasteiger partial charge in [-0.05, 0) is 24.3 Å². The molecule has 1 amide bonds. The predicted molar refractivity (Wildman–Crippen MR) is 63.0 cm³/mol. The molecule has 18 heavy (non-hydrogen) atoms. The summed E-state index contributed by atoms with van der Waals surface area (Å²) in [6.45, 7) is 0. The highest BCUT2D eigenvalue weighted by molar-refractivity contribution is 6.07. The Labute approximate surface area is 101 Å². The first-order valence-electron chi connectivity index (χ1n) is 5.04. The molecule has 0 radical (unpaired) electrons. The minimum atomic E-state index is -0.673. The fraction of sp³-hybridized carbons (Fsp3) is 0. The molecular formula is C12H9F2N3O. The number of pyridine rings is 1. The lowest BCUT2D eigenvalue weighted by Crippen LogP contribution is -2.15. The number of nitrogens with zero attached hydrogens (tertiary/aromatic N) is 1. The molecule has 0 saturated heterocycles. The van der Waals surface area contributed by atoms with Crippen LogP contribution in [0.25, 0.3) is 0 Å². The van der Waals surface area contributed by atoms with Crippen LogP contribution in [0.2, 0.25) is 0 Å². The smallest absolute Gasteiger partial charge is 0.259 e. The minimum Gasteiger partial charge on any atom is -0.383 e. The molecule has 1 aromatic heterocycles. The first-order valence-corrected chi connectivity index (χ1v) is 5.04. The van der Waals surface area contributed by atoms with Gasteiger partial charge in [0.15, 0.2) is 0 Å². The maximum atomic E-state index is 13.0. The molecule has 2 aromatic rings. The van der Waals surface area contributed by atoms with Crippen molar-refractivity contribution in [2.75, 3.05) is 11.1 Å². The second kappa shape index (κ2) is 4.79. The van der Waals surface area contributed by atoms with Crippen LogP contribution < -0.4 is 11.1 Å². The average molecular weight is 249 g/mol. The van der Waals surface area contributed by atoms with Gasteiger partial charge in [-0.3, -0.25) is 4.79 Å². The van der Waals surface area contributed by atoms with E-state index in [9.17, 15) is 13.6 Å². The summed E-state index contributed by atoms with van der Waals surface area (Å²) in [6, 6.07) is 6.30. The zero-order valence-corrected chi connectivity index (χ0v) is 9.15. The number of nitrogens with one attached hydrogen (secondary N) is 1. The van der Waals surface area contributed by atoms with E-state index in [0.29, 0.717) is 0 Å². The summed E-state index contributed by atoms with van der Waals surface area (Å²) in [4.78, 5) is 15.3. The van der Waals surface area contributed by atoms with Crippen molar-refractivity contribution in [3.8, 4) is 0 Å². The number of nitrogen functional groups attached to an aromatic ring is 1. The summed E-state index contributed by atoms with van der Waals surface area (Å²) in [7, 11) is 0. The molecular weight excluding hydrogens is 240 g/mol. The van der Waals surface area contributed by atoms with Crippen LogP contribution in [0.15, 0.2) is 36.5 Å². The van der Waals surface area contributed by atoms with E-state index in [4.69, 9.17) is 5.73 Å². The predicted octanol–water partition coefficient (Wildman–Crippen LogP) is 2.19. The summed E-state index contributed by atoms with van der Waals surface area (Å²) >= 11 is 0. The van der Waals surface area contributed by atoms with Crippen molar-refractivity contribution in [3.63, 3.8) is 0 Å². The Hall–Kier alpha value is -2.50. The summed E-state index contributed by atoms with van der Waals surface area (Å²) in [5, 5.41) is 2.40. The molecule has 92 valence electrons. The van der Waals surface area contributed by atoms with Gasteiger partial charge >= 0.3 is 0 Å². The van der Waals surface area contributed by atoms with Crippen LogP contribution in [0.3, 0.4) is 0 Å². The van der Waals surface area contributed by atoms with Gasteiger partial charge in [0.05, 0.1) is 11.8 Å². The Kier molecular flexibility index (Phi) is 3.18. The number of anilines is 2. The number of hydrogen-bond donors (Lipinski definition) is 2. The second-order valence-electron chi connectivity index (χ2n) is 3.55. The molecule has 0 bridgehead atoms. The van der Waals surface area contributed by atoms with E-state index in [1.54, 1.807) is 0 Å². The van der Waals surface area contributed by atoms with Crippen LogP contribution in [0.5, 0.6) is 0 Å². The molecule has 0 unspecified atom stereocenters. The third kappa shape index (κ3) is 2.60. The Bertz CT molecular complexity index is 602. The largest absolute Gasteiger partial charge is 0.383 e. The van der Waals surface area contributed by atoms with Crippen molar-refractivity contribution in [3.05, 3.63) is 53.7 Å². The Morgan fingerprint density at radius 2 is 2.00 bits per heavy atom. The zero-order chi connectivity index (χ0) is 13.1. The second-order valence-corrected chi connectivity index (χ2v) is 3.55. The molecule has 4 nitrogen and oxygen atoms in total. The van der Waals surface area contributed by atoms with Gasteiger partial charge in [-0.1, -0.05) is 6.07 Å². The standard InChI is InChI=1S/C12H9F2N3O/c13-7-2-1-3-9(4-7)17-12(18)10-5-8(14)6-16-11(10)15/h1-6H,(H2,15,16)(H,17,18). The third-order valence-corrected chi connectivity index (χ3v) is 2.21. The van der Waals surface area contributed by atoms with Crippen molar-refractivity contribution in [2.45, 2.75) is 0 Å². The highest BCUT2D eigenvalue weighted by Crippen LogP contribution is 2.14. The quantitative estimate of drug-likeness (QED) is 0.857. The van der Waals surface area contributed by atoms with Crippen molar-refractivity contribution in [1.29, 1.82) is 0 Å². The topological polar surface area (TPSA) is 68.0 Å². The van der Waals surface area contributed by atoms with E-state index in [1.807, 2.05) is 0 Å². The lowest BCUT2D eigenvalue weighted by atomic mass is 10.2. The van der Waals surface area contributed by atoms with Gasteiger partial charge in [0.2, 0.25) is 0 Å². The van der Waals surface area contributed by atoms with Gasteiger partial charge in [0, 0.05) is 5.69 Å². The van der Waals surface area contributed by atoms with E-state index in [-0.39, 0.29) is 17.1 Å². The SMILES string of the molecule is Nc1ncc(F)cc1C(=O)Nc1cccc(F)c1. The first-order chi connectivity index (χ1) is 8.56. The van der Waals surface area contributed by atoms with Crippen LogP contribution in [-0.4, -0.2) is 10.9 Å². The summed E-state index contributed by atoms with van der Waals surface area (Å²) in [5.41, 5.74) is 5.62. The molecule has 1 heterocycles. The maximum absolute atomic E-state index is 13.0. The van der Waals surface area contributed by atoms with Crippen LogP contribution in [-0.2, 0) is 0 Å². The number of amides is 1. The fourth-order valence-electron chi connectivity index (χ4n) is 1.40. The van der Waals surface area contributed by atoms with Crippen LogP contribution >= 0.6 is 0 Å². The van der Waals surface area contributed by atoms with E-state index in [0.717, 1.165) is 18.3 Å². The lowest BCUT2D eigenvalue weighted by molar-refractivity contribution is 0.102. The van der Waals surface area contributed by atoms with Gasteiger partial charge in [-0.15, -0.1) is 0 Å². The molecule has 0 aliphatic heterocycles. The molecule has 0 spiro atoms. The number of rotatable bonds is 2. The van der Waals surface area contributed by atoms with E-state index < -0.39 is 17.5 Å². The molecule has 0 aliphatic carbocycles. The fourth-order valence-corrected chi connectivity index (χ4v) is 1.40. The highest BCUT2D eigenvalue weighted by atomic mass is 19.1. The molecule has 0 atom stereocenters. The van der Waals surface area contributed by atoms with Crippen LogP contribution in [0.4, 0.5) is 20.3 Å². The summed E-state index contributed by atoms with van der Waals surface area (Å²) in [5.74, 6) is -1.90. The number of benzene rings is 1. The van der Waals surface area contributed by atoms with Gasteiger partial charge in [-0.25, -0.2) is 13.8 Å². The Morgan fingerprint density at radius 1 is 1.22 bits per heavy atom. The van der Waals surface area contributed by atoms with Crippen molar-refractivity contribution in [1.82, 2.24) is 4.98 Å². The molecule has 3 N–H and O–H groups in total. The molecule has 0 fully saturated rings. The first kappa shape index (κ1) is 12.0. The molecule has 0 aliphatic rings. The van der Waals surface area contributed by atoms with Crippen LogP contribution in [0.1, 0.15) is 10.4 Å². The maximum Gasteiger partial charge on any atom is 0.259 e. The number of carbonyl (C=O) groups excluding carboxylic acids is 1. The van der Waals surface area contributed by atoms with Gasteiger partial charge < -0.3 is 11.1 Å². The lowest BCUT2D eigenvalue weighted by Gasteiger charge is -2.06. The monoisotopic (exact) mass is 249 g/mol. The zero-order valence-electron chi connectivity index (χ0n) is 9.15. The number of carbonyl (C=O) groups is 1. The number of nitrogens with two attached hydrogens (primary N) is 1. The third-order valence-electron chi connectivity index (χ3n) is 2.21. The Morgan fingerprint density at radius 3 is 2.72 bits per heavy atom. The van der Waals surface area contributed by atoms with Crippen molar-refractivity contribution >= 4 is 17.4 Å². The summed E-state index contributed by atoms with van der Waals surface area (Å²) < 4.78 is 25.9.